The van der Waals surface area contributed by atoms with E-state index < -0.39 is 5.92 Å². The highest BCUT2D eigenvalue weighted by Gasteiger charge is 2.49. The average Bonchev–Trinajstić information content (AvgIpc) is 2.90. The predicted octanol–water partition coefficient (Wildman–Crippen LogP) is 4.21. The molecule has 1 amide bonds. The zero-order valence-electron chi connectivity index (χ0n) is 15.3. The number of unbranched alkanes of at least 4 members (excludes halogenated alkanes) is 1. The molecule has 0 unspecified atom stereocenters. The van der Waals surface area contributed by atoms with Crippen molar-refractivity contribution in [1.29, 1.82) is 0 Å². The summed E-state index contributed by atoms with van der Waals surface area (Å²) in [5, 5.41) is 10.1. The van der Waals surface area contributed by atoms with E-state index in [1.54, 1.807) is 18.2 Å². The fourth-order valence-corrected chi connectivity index (χ4v) is 3.92. The van der Waals surface area contributed by atoms with E-state index in [-0.39, 0.29) is 35.0 Å². The number of amides is 1. The van der Waals surface area contributed by atoms with Crippen LogP contribution < -0.4 is 0 Å². The van der Waals surface area contributed by atoms with Gasteiger partial charge in [0.2, 0.25) is 5.91 Å². The molecule has 3 rings (SSSR count). The average molecular weight is 351 g/mol. The number of likely N-dealkylation sites (tertiary alicyclic amines) is 1. The van der Waals surface area contributed by atoms with Gasteiger partial charge in [0, 0.05) is 6.54 Å². The van der Waals surface area contributed by atoms with Crippen molar-refractivity contribution in [3.8, 4) is 5.75 Å². The number of nitrogens with zero attached hydrogens (tertiary/aromatic N) is 1. The molecule has 4 heteroatoms. The second-order valence-corrected chi connectivity index (χ2v) is 6.96. The Balaban J connectivity index is 1.98. The zero-order valence-corrected chi connectivity index (χ0v) is 15.3. The number of para-hydroxylation sites is 1. The highest BCUT2D eigenvalue weighted by Crippen LogP contribution is 2.43. The molecule has 1 fully saturated rings. The van der Waals surface area contributed by atoms with E-state index in [0.29, 0.717) is 6.54 Å². The third kappa shape index (κ3) is 3.24. The molecule has 2 aromatic rings. The SMILES string of the molecule is CCCCN1C(=O)[C@H](C(=O)c2ccccc2O)[C@@H](C)[C@@H]1c1ccccc1. The van der Waals surface area contributed by atoms with Gasteiger partial charge in [-0.15, -0.1) is 0 Å². The Kier molecular flexibility index (Phi) is 5.40. The first kappa shape index (κ1) is 18.2. The summed E-state index contributed by atoms with van der Waals surface area (Å²) in [4.78, 5) is 28.1. The Hall–Kier alpha value is -2.62. The summed E-state index contributed by atoms with van der Waals surface area (Å²) in [6, 6.07) is 16.2. The van der Waals surface area contributed by atoms with Gasteiger partial charge in [-0.1, -0.05) is 62.7 Å². The molecular formula is C22H25NO3. The van der Waals surface area contributed by atoms with Gasteiger partial charge in [-0.25, -0.2) is 0 Å². The van der Waals surface area contributed by atoms with Gasteiger partial charge in [0.05, 0.1) is 11.6 Å². The first-order chi connectivity index (χ1) is 12.6. The van der Waals surface area contributed by atoms with Crippen LogP contribution in [0.15, 0.2) is 54.6 Å². The van der Waals surface area contributed by atoms with E-state index in [1.165, 1.54) is 6.07 Å². The monoisotopic (exact) mass is 351 g/mol. The van der Waals surface area contributed by atoms with E-state index >= 15 is 0 Å². The lowest BCUT2D eigenvalue weighted by Crippen LogP contribution is -2.32. The molecule has 0 spiro atoms. The minimum Gasteiger partial charge on any atom is -0.507 e. The third-order valence-corrected chi connectivity index (χ3v) is 5.25. The van der Waals surface area contributed by atoms with Crippen LogP contribution >= 0.6 is 0 Å². The molecule has 1 aliphatic rings. The Labute approximate surface area is 154 Å². The van der Waals surface area contributed by atoms with Gasteiger partial charge >= 0.3 is 0 Å². The van der Waals surface area contributed by atoms with Crippen LogP contribution in [0, 0.1) is 11.8 Å². The van der Waals surface area contributed by atoms with E-state index in [2.05, 4.69) is 6.92 Å². The molecule has 136 valence electrons. The number of phenolic OH excluding ortho intramolecular Hbond substituents is 1. The quantitative estimate of drug-likeness (QED) is 0.626. The summed E-state index contributed by atoms with van der Waals surface area (Å²) in [5.74, 6) is -1.41. The number of phenols is 1. The van der Waals surface area contributed by atoms with Crippen molar-refractivity contribution >= 4 is 11.7 Å². The van der Waals surface area contributed by atoms with Crippen molar-refractivity contribution in [3.63, 3.8) is 0 Å². The lowest BCUT2D eigenvalue weighted by molar-refractivity contribution is -0.131. The summed E-state index contributed by atoms with van der Waals surface area (Å²) in [6.07, 6.45) is 1.89. The molecule has 1 heterocycles. The van der Waals surface area contributed by atoms with Crippen molar-refractivity contribution in [2.45, 2.75) is 32.7 Å². The standard InChI is InChI=1S/C22H25NO3/c1-3-4-14-23-20(16-10-6-5-7-11-16)15(2)19(22(23)26)21(25)17-12-8-9-13-18(17)24/h5-13,15,19-20,24H,3-4,14H2,1-2H3/t15-,19+,20-/m1/s1. The minimum atomic E-state index is -0.759. The lowest BCUT2D eigenvalue weighted by atomic mass is 9.83. The second-order valence-electron chi connectivity index (χ2n) is 6.96. The van der Waals surface area contributed by atoms with Crippen LogP contribution in [0.2, 0.25) is 0 Å². The van der Waals surface area contributed by atoms with Crippen LogP contribution in [0.3, 0.4) is 0 Å². The summed E-state index contributed by atoms with van der Waals surface area (Å²) >= 11 is 0. The Morgan fingerprint density at radius 2 is 1.73 bits per heavy atom. The molecular weight excluding hydrogens is 326 g/mol. The first-order valence-electron chi connectivity index (χ1n) is 9.24. The number of aromatic hydroxyl groups is 1. The molecule has 0 aromatic heterocycles. The molecule has 2 aromatic carbocycles. The van der Waals surface area contributed by atoms with Crippen LogP contribution in [-0.2, 0) is 4.79 Å². The van der Waals surface area contributed by atoms with E-state index in [4.69, 9.17) is 0 Å². The van der Waals surface area contributed by atoms with E-state index in [0.717, 1.165) is 18.4 Å². The maximum Gasteiger partial charge on any atom is 0.234 e. The maximum atomic E-state index is 13.2. The van der Waals surface area contributed by atoms with Gasteiger partial charge in [-0.05, 0) is 30.0 Å². The summed E-state index contributed by atoms with van der Waals surface area (Å²) in [6.45, 7) is 4.69. The minimum absolute atomic E-state index is 0.0687. The molecule has 26 heavy (non-hydrogen) atoms. The highest BCUT2D eigenvalue weighted by atomic mass is 16.3. The van der Waals surface area contributed by atoms with E-state index in [9.17, 15) is 14.7 Å². The van der Waals surface area contributed by atoms with Crippen molar-refractivity contribution in [3.05, 3.63) is 65.7 Å². The van der Waals surface area contributed by atoms with Gasteiger partial charge in [0.25, 0.3) is 0 Å². The normalized spacial score (nSPS) is 22.6. The van der Waals surface area contributed by atoms with Crippen LogP contribution in [0.1, 0.15) is 48.7 Å². The number of rotatable bonds is 6. The first-order valence-corrected chi connectivity index (χ1v) is 9.24. The molecule has 1 saturated heterocycles. The molecule has 4 nitrogen and oxygen atoms in total. The Bertz CT molecular complexity index is 787. The highest BCUT2D eigenvalue weighted by molar-refractivity contribution is 6.12. The second kappa shape index (κ2) is 7.73. The number of ketones is 1. The number of benzene rings is 2. The predicted molar refractivity (Wildman–Crippen MR) is 101 cm³/mol. The number of carbonyl (C=O) groups excluding carboxylic acids is 2. The maximum absolute atomic E-state index is 13.2. The van der Waals surface area contributed by atoms with E-state index in [1.807, 2.05) is 42.2 Å². The van der Waals surface area contributed by atoms with Crippen molar-refractivity contribution in [2.24, 2.45) is 11.8 Å². The largest absolute Gasteiger partial charge is 0.507 e. The summed E-state index contributed by atoms with van der Waals surface area (Å²) in [5.41, 5.74) is 1.28. The van der Waals surface area contributed by atoms with Gasteiger partial charge in [0.1, 0.15) is 11.7 Å². The van der Waals surface area contributed by atoms with Gasteiger partial charge in [0.15, 0.2) is 5.78 Å². The third-order valence-electron chi connectivity index (χ3n) is 5.25. The fourth-order valence-electron chi connectivity index (χ4n) is 3.92. The summed E-state index contributed by atoms with van der Waals surface area (Å²) in [7, 11) is 0. The van der Waals surface area contributed by atoms with Crippen LogP contribution in [-0.4, -0.2) is 28.2 Å². The fraction of sp³-hybridized carbons (Fsp3) is 0.364. The van der Waals surface area contributed by atoms with Crippen molar-refractivity contribution in [1.82, 2.24) is 4.90 Å². The number of hydrogen-bond donors (Lipinski definition) is 1. The van der Waals surface area contributed by atoms with Gasteiger partial charge in [-0.3, -0.25) is 9.59 Å². The molecule has 3 atom stereocenters. The Morgan fingerprint density at radius 3 is 2.38 bits per heavy atom. The zero-order chi connectivity index (χ0) is 18.7. The number of hydrogen-bond acceptors (Lipinski definition) is 3. The summed E-state index contributed by atoms with van der Waals surface area (Å²) < 4.78 is 0. The molecule has 0 saturated carbocycles. The molecule has 1 N–H and O–H groups in total. The van der Waals surface area contributed by atoms with Crippen LogP contribution in [0.25, 0.3) is 0 Å². The van der Waals surface area contributed by atoms with Gasteiger partial charge in [-0.2, -0.15) is 0 Å². The number of Topliss-reactive ketones (excluding diaryl/α,β-unsaturated/α-hetero) is 1. The van der Waals surface area contributed by atoms with Crippen molar-refractivity contribution < 1.29 is 14.7 Å². The molecule has 0 aliphatic carbocycles. The molecule has 0 radical (unpaired) electrons. The van der Waals surface area contributed by atoms with Crippen molar-refractivity contribution in [2.75, 3.05) is 6.54 Å². The number of carbonyl (C=O) groups is 2. The van der Waals surface area contributed by atoms with Gasteiger partial charge < -0.3 is 10.0 Å². The topological polar surface area (TPSA) is 57.6 Å². The van der Waals surface area contributed by atoms with Crippen LogP contribution in [0.5, 0.6) is 5.75 Å². The Morgan fingerprint density at radius 1 is 1.08 bits per heavy atom. The van der Waals surface area contributed by atoms with Crippen LogP contribution in [0.4, 0.5) is 0 Å². The molecule has 1 aliphatic heterocycles. The molecule has 0 bridgehead atoms. The lowest BCUT2D eigenvalue weighted by Gasteiger charge is -2.27. The smallest absolute Gasteiger partial charge is 0.234 e.